The molecule has 0 atom stereocenters. The standard InChI is InChI=1S/C14H21NO4S2/c1-4-14(5-2,20-3)10-15-21(18,19)12-8-6-11(7-9-12)13(16)17/h6-9,15H,4-5,10H2,1-3H3,(H,16,17). The highest BCUT2D eigenvalue weighted by Gasteiger charge is 2.27. The van der Waals surface area contributed by atoms with Crippen molar-refractivity contribution in [2.75, 3.05) is 12.8 Å². The SMILES string of the molecule is CCC(CC)(CNS(=O)(=O)c1ccc(C(=O)O)cc1)SC. The van der Waals surface area contributed by atoms with E-state index in [0.29, 0.717) is 6.54 Å². The van der Waals surface area contributed by atoms with Crippen LogP contribution >= 0.6 is 11.8 Å². The fraction of sp³-hybridized carbons (Fsp3) is 0.500. The normalized spacial score (nSPS) is 12.3. The lowest BCUT2D eigenvalue weighted by Gasteiger charge is -2.29. The number of nitrogens with one attached hydrogen (secondary N) is 1. The van der Waals surface area contributed by atoms with Crippen LogP contribution in [-0.4, -0.2) is 37.0 Å². The second kappa shape index (κ2) is 7.29. The van der Waals surface area contributed by atoms with Crippen molar-refractivity contribution in [1.82, 2.24) is 4.72 Å². The van der Waals surface area contributed by atoms with Crippen LogP contribution in [0, 0.1) is 0 Å². The third-order valence-corrected chi connectivity index (χ3v) is 6.72. The van der Waals surface area contributed by atoms with Gasteiger partial charge in [0.25, 0.3) is 0 Å². The predicted molar refractivity (Wildman–Crippen MR) is 85.4 cm³/mol. The summed E-state index contributed by atoms with van der Waals surface area (Å²) >= 11 is 1.65. The van der Waals surface area contributed by atoms with Crippen LogP contribution in [0.4, 0.5) is 0 Å². The molecule has 2 N–H and O–H groups in total. The van der Waals surface area contributed by atoms with Gasteiger partial charge in [0.15, 0.2) is 0 Å². The molecule has 7 heteroatoms. The van der Waals surface area contributed by atoms with Crippen LogP contribution in [0.25, 0.3) is 0 Å². The molecule has 118 valence electrons. The highest BCUT2D eigenvalue weighted by Crippen LogP contribution is 2.30. The van der Waals surface area contributed by atoms with Gasteiger partial charge in [-0.3, -0.25) is 0 Å². The van der Waals surface area contributed by atoms with Gasteiger partial charge in [0, 0.05) is 11.3 Å². The number of hydrogen-bond acceptors (Lipinski definition) is 4. The first kappa shape index (κ1) is 18.0. The lowest BCUT2D eigenvalue weighted by Crippen LogP contribution is -2.39. The molecule has 0 unspecified atom stereocenters. The summed E-state index contributed by atoms with van der Waals surface area (Å²) in [5.74, 6) is -1.08. The fourth-order valence-electron chi connectivity index (χ4n) is 1.95. The Morgan fingerprint density at radius 2 is 1.76 bits per heavy atom. The van der Waals surface area contributed by atoms with Crippen LogP contribution in [0.3, 0.4) is 0 Å². The first-order chi connectivity index (χ1) is 9.80. The number of thioether (sulfide) groups is 1. The molecule has 0 spiro atoms. The highest BCUT2D eigenvalue weighted by molar-refractivity contribution is 8.00. The molecular weight excluding hydrogens is 310 g/mol. The maximum Gasteiger partial charge on any atom is 0.335 e. The van der Waals surface area contributed by atoms with Crippen molar-refractivity contribution in [3.63, 3.8) is 0 Å². The number of sulfonamides is 1. The van der Waals surface area contributed by atoms with Gasteiger partial charge in [-0.2, -0.15) is 11.8 Å². The summed E-state index contributed by atoms with van der Waals surface area (Å²) in [6.07, 6.45) is 3.71. The zero-order chi connectivity index (χ0) is 16.1. The largest absolute Gasteiger partial charge is 0.478 e. The van der Waals surface area contributed by atoms with E-state index in [1.807, 2.05) is 20.1 Å². The molecule has 0 aromatic heterocycles. The average Bonchev–Trinajstić information content (AvgIpc) is 2.49. The zero-order valence-corrected chi connectivity index (χ0v) is 14.1. The topological polar surface area (TPSA) is 83.5 Å². The van der Waals surface area contributed by atoms with E-state index in [0.717, 1.165) is 12.8 Å². The second-order valence-corrected chi connectivity index (χ2v) is 7.79. The van der Waals surface area contributed by atoms with Crippen molar-refractivity contribution < 1.29 is 18.3 Å². The van der Waals surface area contributed by atoms with Crippen molar-refractivity contribution in [3.05, 3.63) is 29.8 Å². The van der Waals surface area contributed by atoms with Crippen molar-refractivity contribution in [2.24, 2.45) is 0 Å². The van der Waals surface area contributed by atoms with E-state index in [1.165, 1.54) is 24.3 Å². The van der Waals surface area contributed by atoms with E-state index in [2.05, 4.69) is 4.72 Å². The summed E-state index contributed by atoms with van der Waals surface area (Å²) in [5.41, 5.74) is 0.0644. The predicted octanol–water partition coefficient (Wildman–Crippen LogP) is 2.58. The van der Waals surface area contributed by atoms with Gasteiger partial charge in [-0.25, -0.2) is 17.9 Å². The molecule has 0 amide bonds. The van der Waals surface area contributed by atoms with E-state index >= 15 is 0 Å². The molecule has 0 saturated heterocycles. The minimum absolute atomic E-state index is 0.0644. The smallest absolute Gasteiger partial charge is 0.335 e. The summed E-state index contributed by atoms with van der Waals surface area (Å²) in [4.78, 5) is 10.8. The average molecular weight is 331 g/mol. The molecule has 21 heavy (non-hydrogen) atoms. The molecule has 5 nitrogen and oxygen atoms in total. The minimum atomic E-state index is -3.62. The van der Waals surface area contributed by atoms with Gasteiger partial charge in [0.05, 0.1) is 10.5 Å². The Hall–Kier alpha value is -1.05. The van der Waals surface area contributed by atoms with Gasteiger partial charge in [-0.1, -0.05) is 13.8 Å². The van der Waals surface area contributed by atoms with E-state index in [9.17, 15) is 13.2 Å². The van der Waals surface area contributed by atoms with Gasteiger partial charge in [-0.15, -0.1) is 0 Å². The third-order valence-electron chi connectivity index (χ3n) is 3.72. The van der Waals surface area contributed by atoms with Crippen LogP contribution in [0.15, 0.2) is 29.2 Å². The number of rotatable bonds is 8. The van der Waals surface area contributed by atoms with E-state index < -0.39 is 16.0 Å². The minimum Gasteiger partial charge on any atom is -0.478 e. The van der Waals surface area contributed by atoms with Gasteiger partial charge in [0.1, 0.15) is 0 Å². The van der Waals surface area contributed by atoms with Crippen LogP contribution in [-0.2, 0) is 10.0 Å². The van der Waals surface area contributed by atoms with Crippen molar-refractivity contribution >= 4 is 27.8 Å². The first-order valence-corrected chi connectivity index (χ1v) is 9.39. The third kappa shape index (κ3) is 4.46. The molecule has 0 aliphatic rings. The number of carboxylic acid groups (broad SMARTS) is 1. The van der Waals surface area contributed by atoms with Crippen molar-refractivity contribution in [1.29, 1.82) is 0 Å². The Morgan fingerprint density at radius 3 is 2.14 bits per heavy atom. The lowest BCUT2D eigenvalue weighted by molar-refractivity contribution is 0.0696. The highest BCUT2D eigenvalue weighted by atomic mass is 32.2. The van der Waals surface area contributed by atoms with Crippen LogP contribution in [0.1, 0.15) is 37.0 Å². The summed E-state index contributed by atoms with van der Waals surface area (Å²) < 4.78 is 27.0. The number of hydrogen-bond donors (Lipinski definition) is 2. The molecular formula is C14H21NO4S2. The van der Waals surface area contributed by atoms with E-state index in [4.69, 9.17) is 5.11 Å². The van der Waals surface area contributed by atoms with E-state index in [1.54, 1.807) is 11.8 Å². The Balaban J connectivity index is 2.89. The zero-order valence-electron chi connectivity index (χ0n) is 12.4. The Kier molecular flexibility index (Phi) is 6.24. The molecule has 0 fully saturated rings. The van der Waals surface area contributed by atoms with Crippen LogP contribution in [0.2, 0.25) is 0 Å². The number of aromatic carboxylic acids is 1. The molecule has 0 radical (unpaired) electrons. The number of carbonyl (C=O) groups is 1. The van der Waals surface area contributed by atoms with Gasteiger partial charge >= 0.3 is 5.97 Å². The van der Waals surface area contributed by atoms with Crippen molar-refractivity contribution in [2.45, 2.75) is 36.3 Å². The molecule has 0 bridgehead atoms. The molecule has 0 heterocycles. The van der Waals surface area contributed by atoms with Gasteiger partial charge < -0.3 is 5.11 Å². The second-order valence-electron chi connectivity index (χ2n) is 4.75. The lowest BCUT2D eigenvalue weighted by atomic mass is 10.0. The molecule has 0 saturated carbocycles. The maximum absolute atomic E-state index is 12.2. The monoisotopic (exact) mass is 331 g/mol. The fourth-order valence-corrected chi connectivity index (χ4v) is 3.96. The molecule has 0 aliphatic heterocycles. The van der Waals surface area contributed by atoms with Crippen LogP contribution in [0.5, 0.6) is 0 Å². The number of benzene rings is 1. The summed E-state index contributed by atoms with van der Waals surface area (Å²) in [7, 11) is -3.62. The summed E-state index contributed by atoms with van der Waals surface area (Å²) in [6, 6.07) is 5.20. The number of carboxylic acids is 1. The molecule has 1 rings (SSSR count). The first-order valence-electron chi connectivity index (χ1n) is 6.68. The molecule has 1 aromatic carbocycles. The maximum atomic E-state index is 12.2. The molecule has 1 aromatic rings. The Morgan fingerprint density at radius 1 is 1.24 bits per heavy atom. The van der Waals surface area contributed by atoms with Crippen LogP contribution < -0.4 is 4.72 Å². The summed E-state index contributed by atoms with van der Waals surface area (Å²) in [5, 5.41) is 8.82. The van der Waals surface area contributed by atoms with Gasteiger partial charge in [-0.05, 0) is 43.4 Å². The Labute approximate surface area is 130 Å². The summed E-state index contributed by atoms with van der Waals surface area (Å²) in [6.45, 7) is 4.43. The van der Waals surface area contributed by atoms with Crippen molar-refractivity contribution in [3.8, 4) is 0 Å². The Bertz CT molecular complexity index is 569. The quantitative estimate of drug-likeness (QED) is 0.765. The van der Waals surface area contributed by atoms with Gasteiger partial charge in [0.2, 0.25) is 10.0 Å². The molecule has 0 aliphatic carbocycles. The van der Waals surface area contributed by atoms with E-state index in [-0.39, 0.29) is 15.2 Å².